The van der Waals surface area contributed by atoms with Crippen LogP contribution in [0.15, 0.2) is 11.6 Å². The minimum Gasteiger partial charge on any atom is -0.462 e. The Hall–Kier alpha value is -1.96. The number of aliphatic hydroxyl groups is 9. The monoisotopic (exact) mass is 916 g/mol. The zero-order chi connectivity index (χ0) is 46.2. The maximum Gasteiger partial charge on any atom is 0.331 e. The summed E-state index contributed by atoms with van der Waals surface area (Å²) in [5, 5.41) is 97.1. The summed E-state index contributed by atoms with van der Waals surface area (Å²) in [7, 11) is 1.37. The molecule has 0 aromatic carbocycles. The fourth-order valence-corrected chi connectivity index (χ4v) is 13.3. The molecule has 20 nitrogen and oxygen atoms in total. The molecule has 9 N–H and O–H groups in total. The Balaban J connectivity index is 0.891. The number of aliphatic hydroxyl groups excluding tert-OH is 8. The van der Waals surface area contributed by atoms with Crippen LogP contribution in [0.5, 0.6) is 0 Å². The Labute approximate surface area is 371 Å². The number of cyclic esters (lactones) is 1. The summed E-state index contributed by atoms with van der Waals surface area (Å²) in [6, 6.07) is 0. The van der Waals surface area contributed by atoms with Crippen LogP contribution in [0, 0.1) is 34.5 Å². The van der Waals surface area contributed by atoms with Crippen LogP contribution < -0.4 is 0 Å². The van der Waals surface area contributed by atoms with Crippen molar-refractivity contribution in [3.05, 3.63) is 11.6 Å². The van der Waals surface area contributed by atoms with Crippen LogP contribution in [0.1, 0.15) is 79.1 Å². The average molecular weight is 917 g/mol. The molecule has 3 saturated heterocycles. The van der Waals surface area contributed by atoms with Gasteiger partial charge in [0.2, 0.25) is 0 Å². The Morgan fingerprint density at radius 3 is 2.12 bits per heavy atom. The van der Waals surface area contributed by atoms with E-state index in [4.69, 9.17) is 42.6 Å². The number of fused-ring (bicyclic) bond motifs is 5. The molecule has 4 heterocycles. The van der Waals surface area contributed by atoms with Crippen LogP contribution in [0.4, 0.5) is 0 Å². The smallest absolute Gasteiger partial charge is 0.331 e. The number of methoxy groups -OCH3 is 1. The molecule has 4 aliphatic heterocycles. The van der Waals surface area contributed by atoms with Gasteiger partial charge in [-0.3, -0.25) is 4.79 Å². The fourth-order valence-electron chi connectivity index (χ4n) is 13.3. The summed E-state index contributed by atoms with van der Waals surface area (Å²) in [4.78, 5) is 24.5. The van der Waals surface area contributed by atoms with Crippen molar-refractivity contribution >= 4 is 11.9 Å². The first kappa shape index (κ1) is 48.5. The van der Waals surface area contributed by atoms with Crippen molar-refractivity contribution in [2.45, 2.75) is 189 Å². The van der Waals surface area contributed by atoms with Gasteiger partial charge in [0.15, 0.2) is 18.9 Å². The summed E-state index contributed by atoms with van der Waals surface area (Å²) in [5.41, 5.74) is -1.11. The SMILES string of the molecule is CO[C@@H]1[C@@H](O)[C@H](O[C@H]2CC[C@@]3(C)[C@H](CC[C@@H]4[C@@H]3CC[C@]3(C)[C@@H](C5=CC(=O)OC5)[C@@H](OC(C)=O)C[C@]43O)C2)O[C@@H](C)[C@@H]1O[C@@H]1O[C@H](CO[C@@H]2O[C@H](CO)[C@@H](O)[C@H](O)[C@H]2O)[C@@H](O)[C@H](O)[C@H]1O. The van der Waals surface area contributed by atoms with Crippen molar-refractivity contribution in [1.29, 1.82) is 0 Å². The predicted octanol–water partition coefficient (Wildman–Crippen LogP) is -1.70. The highest BCUT2D eigenvalue weighted by molar-refractivity contribution is 5.85. The van der Waals surface area contributed by atoms with Crippen molar-refractivity contribution in [2.24, 2.45) is 34.5 Å². The summed E-state index contributed by atoms with van der Waals surface area (Å²) in [6.45, 7) is 6.34. The lowest BCUT2D eigenvalue weighted by molar-refractivity contribution is -0.367. The molecule has 8 aliphatic rings. The lowest BCUT2D eigenvalue weighted by atomic mass is 9.43. The molecular weight excluding hydrogens is 848 g/mol. The molecule has 0 aromatic heterocycles. The molecule has 364 valence electrons. The second-order valence-electron chi connectivity index (χ2n) is 20.1. The molecule has 0 radical (unpaired) electrons. The number of esters is 2. The van der Waals surface area contributed by atoms with E-state index in [2.05, 4.69) is 13.8 Å². The van der Waals surface area contributed by atoms with Crippen molar-refractivity contribution < 1.29 is 98.2 Å². The largest absolute Gasteiger partial charge is 0.462 e. The highest BCUT2D eigenvalue weighted by atomic mass is 16.8. The zero-order valence-corrected chi connectivity index (χ0v) is 37.0. The van der Waals surface area contributed by atoms with Gasteiger partial charge < -0.3 is 88.6 Å². The number of carbonyl (C=O) groups excluding carboxylic acids is 2. The van der Waals surface area contributed by atoms with E-state index in [0.29, 0.717) is 25.7 Å². The molecule has 0 spiro atoms. The number of ether oxygens (including phenoxy) is 9. The van der Waals surface area contributed by atoms with Gasteiger partial charge in [0.1, 0.15) is 79.9 Å². The van der Waals surface area contributed by atoms with Crippen LogP contribution >= 0.6 is 0 Å². The molecular formula is C44H68O20. The van der Waals surface area contributed by atoms with Gasteiger partial charge in [-0.2, -0.15) is 0 Å². The standard InChI is InChI=1S/C44H68O20/c1-18-37(64-40-35(53)33(51)31(49)27(63-40)17-58-39-34(52)32(50)30(48)26(15-45)62-39)38(56-5)36(54)41(59-18)61-22-8-10-42(3)21(13-22)6-7-24-23(42)9-11-43(4)29(20-12-28(47)57-16-20)25(60-19(2)46)14-44(24,43)55/h12,18,21-27,29-41,45,48-55H,6-11,13-17H2,1-5H3/t18-,21+,22-,23-,24+,25-,26+,27+,29-,30+,31+,32-,33-,34+,35+,36+,37-,38+,39+,40-,41-,42-,43+,44-/m0/s1. The van der Waals surface area contributed by atoms with E-state index in [9.17, 15) is 55.5 Å². The Kier molecular flexibility index (Phi) is 14.0. The normalized spacial score (nSPS) is 52.8. The van der Waals surface area contributed by atoms with E-state index in [1.54, 1.807) is 6.92 Å². The third kappa shape index (κ3) is 8.27. The van der Waals surface area contributed by atoms with Crippen LogP contribution in [0.2, 0.25) is 0 Å². The maximum atomic E-state index is 12.9. The molecule has 4 saturated carbocycles. The third-order valence-electron chi connectivity index (χ3n) is 16.8. The number of carbonyl (C=O) groups is 2. The van der Waals surface area contributed by atoms with Gasteiger partial charge in [0.05, 0.1) is 31.0 Å². The van der Waals surface area contributed by atoms with E-state index >= 15 is 0 Å². The van der Waals surface area contributed by atoms with Crippen LogP contribution in [-0.4, -0.2) is 195 Å². The summed E-state index contributed by atoms with van der Waals surface area (Å²) < 4.78 is 52.5. The van der Waals surface area contributed by atoms with Gasteiger partial charge in [-0.15, -0.1) is 0 Å². The fraction of sp³-hybridized carbons (Fsp3) is 0.909. The second kappa shape index (κ2) is 18.5. The molecule has 0 amide bonds. The first-order valence-corrected chi connectivity index (χ1v) is 22.8. The second-order valence-corrected chi connectivity index (χ2v) is 20.1. The molecule has 24 atom stereocenters. The van der Waals surface area contributed by atoms with Gasteiger partial charge in [0, 0.05) is 37.9 Å². The van der Waals surface area contributed by atoms with Gasteiger partial charge in [-0.1, -0.05) is 13.8 Å². The Morgan fingerprint density at radius 2 is 1.47 bits per heavy atom. The predicted molar refractivity (Wildman–Crippen MR) is 214 cm³/mol. The van der Waals surface area contributed by atoms with E-state index in [1.165, 1.54) is 20.1 Å². The highest BCUT2D eigenvalue weighted by Crippen LogP contribution is 2.70. The topological polar surface area (TPSA) is 299 Å². The summed E-state index contributed by atoms with van der Waals surface area (Å²) >= 11 is 0. The summed E-state index contributed by atoms with van der Waals surface area (Å²) in [5.74, 6) is -0.779. The quantitative estimate of drug-likeness (QED) is 0.0825. The van der Waals surface area contributed by atoms with Gasteiger partial charge in [-0.25, -0.2) is 4.79 Å². The lowest BCUT2D eigenvalue weighted by Gasteiger charge is -2.63. The molecule has 0 unspecified atom stereocenters. The maximum absolute atomic E-state index is 12.9. The van der Waals surface area contributed by atoms with E-state index in [0.717, 1.165) is 31.3 Å². The molecule has 7 fully saturated rings. The molecule has 20 heteroatoms. The number of rotatable bonds is 11. The van der Waals surface area contributed by atoms with Gasteiger partial charge >= 0.3 is 11.9 Å². The van der Waals surface area contributed by atoms with Crippen LogP contribution in [0.25, 0.3) is 0 Å². The minimum atomic E-state index is -1.79. The molecule has 8 rings (SSSR count). The van der Waals surface area contributed by atoms with Crippen molar-refractivity contribution in [3.63, 3.8) is 0 Å². The summed E-state index contributed by atoms with van der Waals surface area (Å²) in [6.07, 6.45) is -15.2. The van der Waals surface area contributed by atoms with E-state index < -0.39 is 134 Å². The van der Waals surface area contributed by atoms with Crippen molar-refractivity contribution in [3.8, 4) is 0 Å². The van der Waals surface area contributed by atoms with Gasteiger partial charge in [0.25, 0.3) is 0 Å². The van der Waals surface area contributed by atoms with Gasteiger partial charge in [-0.05, 0) is 80.6 Å². The molecule has 0 bridgehead atoms. The van der Waals surface area contributed by atoms with Crippen LogP contribution in [-0.2, 0) is 52.2 Å². The van der Waals surface area contributed by atoms with E-state index in [1.807, 2.05) is 0 Å². The minimum absolute atomic E-state index is 0.0447. The Morgan fingerprint density at radius 1 is 0.797 bits per heavy atom. The lowest BCUT2D eigenvalue weighted by Crippen LogP contribution is -2.65. The third-order valence-corrected chi connectivity index (χ3v) is 16.8. The number of hydrogen-bond acceptors (Lipinski definition) is 20. The molecule has 4 aliphatic carbocycles. The van der Waals surface area contributed by atoms with Crippen molar-refractivity contribution in [1.82, 2.24) is 0 Å². The first-order chi connectivity index (χ1) is 30.3. The molecule has 64 heavy (non-hydrogen) atoms. The zero-order valence-electron chi connectivity index (χ0n) is 37.0. The number of hydrogen-bond donors (Lipinski definition) is 9. The Bertz CT molecular complexity index is 1720. The molecule has 0 aromatic rings. The average Bonchev–Trinajstić information content (AvgIpc) is 3.77. The van der Waals surface area contributed by atoms with Crippen LogP contribution in [0.3, 0.4) is 0 Å². The van der Waals surface area contributed by atoms with Crippen molar-refractivity contribution in [2.75, 3.05) is 26.9 Å². The highest BCUT2D eigenvalue weighted by Gasteiger charge is 2.71. The van der Waals surface area contributed by atoms with E-state index in [-0.39, 0.29) is 41.8 Å². The first-order valence-electron chi connectivity index (χ1n) is 22.8.